The molecule has 0 radical (unpaired) electrons. The van der Waals surface area contributed by atoms with Gasteiger partial charge in [-0.25, -0.2) is 0 Å². The molecule has 2 fully saturated rings. The molecule has 2 aliphatic heterocycles. The number of rotatable bonds is 2. The SMILES string of the molecule is OCC1NC2CC1CN(c1ccccc1)C2. The van der Waals surface area contributed by atoms with Crippen molar-refractivity contribution in [3.05, 3.63) is 30.3 Å². The maximum Gasteiger partial charge on any atom is 0.0588 e. The molecular formula is C13H18N2O. The lowest BCUT2D eigenvalue weighted by atomic mass is 9.95. The molecule has 0 amide bonds. The highest BCUT2D eigenvalue weighted by Crippen LogP contribution is 2.30. The van der Waals surface area contributed by atoms with Crippen molar-refractivity contribution < 1.29 is 5.11 Å². The molecule has 3 rings (SSSR count). The van der Waals surface area contributed by atoms with Crippen LogP contribution < -0.4 is 10.2 Å². The molecule has 3 atom stereocenters. The molecule has 3 unspecified atom stereocenters. The van der Waals surface area contributed by atoms with Crippen molar-refractivity contribution >= 4 is 5.69 Å². The number of anilines is 1. The molecule has 2 heterocycles. The smallest absolute Gasteiger partial charge is 0.0588 e. The van der Waals surface area contributed by atoms with Crippen molar-refractivity contribution in [1.82, 2.24) is 5.32 Å². The molecule has 2 N–H and O–H groups in total. The fourth-order valence-electron chi connectivity index (χ4n) is 3.04. The van der Waals surface area contributed by atoms with E-state index in [1.807, 2.05) is 0 Å². The van der Waals surface area contributed by atoms with E-state index >= 15 is 0 Å². The fraction of sp³-hybridized carbons (Fsp3) is 0.538. The van der Waals surface area contributed by atoms with Gasteiger partial charge >= 0.3 is 0 Å². The third kappa shape index (κ3) is 1.70. The van der Waals surface area contributed by atoms with Crippen LogP contribution in [0.1, 0.15) is 6.42 Å². The topological polar surface area (TPSA) is 35.5 Å². The number of para-hydroxylation sites is 1. The molecule has 2 aliphatic rings. The van der Waals surface area contributed by atoms with Gasteiger partial charge in [-0.3, -0.25) is 0 Å². The molecule has 3 nitrogen and oxygen atoms in total. The first kappa shape index (κ1) is 10.1. The van der Waals surface area contributed by atoms with Gasteiger partial charge in [-0.05, 0) is 24.5 Å². The molecule has 1 aromatic carbocycles. The van der Waals surface area contributed by atoms with E-state index in [-0.39, 0.29) is 6.61 Å². The largest absolute Gasteiger partial charge is 0.395 e. The van der Waals surface area contributed by atoms with Crippen molar-refractivity contribution in [3.8, 4) is 0 Å². The average molecular weight is 218 g/mol. The van der Waals surface area contributed by atoms with Crippen LogP contribution in [0.2, 0.25) is 0 Å². The van der Waals surface area contributed by atoms with Crippen LogP contribution in [0.3, 0.4) is 0 Å². The fourth-order valence-corrected chi connectivity index (χ4v) is 3.04. The van der Waals surface area contributed by atoms with Gasteiger partial charge in [-0.2, -0.15) is 0 Å². The third-order valence-corrected chi connectivity index (χ3v) is 3.82. The minimum Gasteiger partial charge on any atom is -0.395 e. The van der Waals surface area contributed by atoms with Crippen LogP contribution in [0.15, 0.2) is 30.3 Å². The molecule has 0 aromatic heterocycles. The molecule has 86 valence electrons. The summed E-state index contributed by atoms with van der Waals surface area (Å²) in [7, 11) is 0. The minimum absolute atomic E-state index is 0.268. The summed E-state index contributed by atoms with van der Waals surface area (Å²) in [5.41, 5.74) is 1.30. The zero-order chi connectivity index (χ0) is 11.0. The van der Waals surface area contributed by atoms with Gasteiger partial charge in [0.25, 0.3) is 0 Å². The third-order valence-electron chi connectivity index (χ3n) is 3.82. The molecule has 1 aromatic rings. The number of aliphatic hydroxyl groups excluding tert-OH is 1. The van der Waals surface area contributed by atoms with Gasteiger partial charge < -0.3 is 15.3 Å². The molecule has 0 saturated carbocycles. The summed E-state index contributed by atoms with van der Waals surface area (Å²) < 4.78 is 0. The van der Waals surface area contributed by atoms with Gasteiger partial charge in [0.05, 0.1) is 6.61 Å². The Hall–Kier alpha value is -1.06. The van der Waals surface area contributed by atoms with Gasteiger partial charge in [-0.1, -0.05) is 18.2 Å². The van der Waals surface area contributed by atoms with E-state index in [9.17, 15) is 5.11 Å². The summed E-state index contributed by atoms with van der Waals surface area (Å²) in [5, 5.41) is 12.8. The van der Waals surface area contributed by atoms with Crippen molar-refractivity contribution in [1.29, 1.82) is 0 Å². The zero-order valence-electron chi connectivity index (χ0n) is 9.34. The standard InChI is InChI=1S/C13H18N2O/c16-9-13-10-6-11(14-13)8-15(7-10)12-4-2-1-3-5-12/h1-5,10-11,13-14,16H,6-9H2. The van der Waals surface area contributed by atoms with Crippen LogP contribution in [0, 0.1) is 5.92 Å². The highest BCUT2D eigenvalue weighted by molar-refractivity contribution is 5.47. The predicted octanol–water partition coefficient (Wildman–Crippen LogP) is 0.846. The maximum atomic E-state index is 9.29. The number of hydrogen-bond donors (Lipinski definition) is 2. The van der Waals surface area contributed by atoms with Gasteiger partial charge in [0.15, 0.2) is 0 Å². The number of piperidine rings is 1. The lowest BCUT2D eigenvalue weighted by Gasteiger charge is -2.33. The Kier molecular flexibility index (Phi) is 2.58. The van der Waals surface area contributed by atoms with Gasteiger partial charge in [0, 0.05) is 30.9 Å². The Labute approximate surface area is 96.1 Å². The van der Waals surface area contributed by atoms with Crippen LogP contribution in [-0.4, -0.2) is 36.9 Å². The predicted molar refractivity (Wildman–Crippen MR) is 64.6 cm³/mol. The van der Waals surface area contributed by atoms with E-state index < -0.39 is 0 Å². The summed E-state index contributed by atoms with van der Waals surface area (Å²) in [6.45, 7) is 2.40. The maximum absolute atomic E-state index is 9.29. The van der Waals surface area contributed by atoms with Crippen molar-refractivity contribution in [2.24, 2.45) is 5.92 Å². The summed E-state index contributed by atoms with van der Waals surface area (Å²) in [6, 6.07) is 11.4. The Bertz CT molecular complexity index is 354. The van der Waals surface area contributed by atoms with Gasteiger partial charge in [0.2, 0.25) is 0 Å². The van der Waals surface area contributed by atoms with E-state index in [0.717, 1.165) is 13.1 Å². The van der Waals surface area contributed by atoms with E-state index in [1.165, 1.54) is 12.1 Å². The highest BCUT2D eigenvalue weighted by Gasteiger charge is 2.39. The Morgan fingerprint density at radius 2 is 2.06 bits per heavy atom. The van der Waals surface area contributed by atoms with E-state index in [1.54, 1.807) is 0 Å². The van der Waals surface area contributed by atoms with Crippen LogP contribution in [0.25, 0.3) is 0 Å². The second kappa shape index (κ2) is 4.07. The number of benzene rings is 1. The summed E-state index contributed by atoms with van der Waals surface area (Å²) >= 11 is 0. The van der Waals surface area contributed by atoms with Crippen molar-refractivity contribution in [3.63, 3.8) is 0 Å². The van der Waals surface area contributed by atoms with Crippen LogP contribution in [0.5, 0.6) is 0 Å². The summed E-state index contributed by atoms with van der Waals surface area (Å²) in [4.78, 5) is 2.43. The number of nitrogens with zero attached hydrogens (tertiary/aromatic N) is 1. The number of nitrogens with one attached hydrogen (secondary N) is 1. The second-order valence-electron chi connectivity index (χ2n) is 4.89. The lowest BCUT2D eigenvalue weighted by molar-refractivity contribution is 0.230. The molecule has 0 aliphatic carbocycles. The first-order valence-electron chi connectivity index (χ1n) is 6.03. The van der Waals surface area contributed by atoms with E-state index in [0.29, 0.717) is 18.0 Å². The molecule has 3 heteroatoms. The monoisotopic (exact) mass is 218 g/mol. The molecular weight excluding hydrogens is 200 g/mol. The normalized spacial score (nSPS) is 33.1. The first-order chi connectivity index (χ1) is 7.86. The zero-order valence-corrected chi connectivity index (χ0v) is 9.34. The van der Waals surface area contributed by atoms with Crippen molar-refractivity contribution in [2.45, 2.75) is 18.5 Å². The van der Waals surface area contributed by atoms with E-state index in [2.05, 4.69) is 40.5 Å². The Balaban J connectivity index is 1.77. The molecule has 0 spiro atoms. The summed E-state index contributed by atoms with van der Waals surface area (Å²) in [6.07, 6.45) is 1.22. The van der Waals surface area contributed by atoms with Gasteiger partial charge in [-0.15, -0.1) is 0 Å². The van der Waals surface area contributed by atoms with Crippen LogP contribution in [0.4, 0.5) is 5.69 Å². The molecule has 2 bridgehead atoms. The number of hydrogen-bond acceptors (Lipinski definition) is 3. The number of fused-ring (bicyclic) bond motifs is 2. The van der Waals surface area contributed by atoms with Crippen LogP contribution in [-0.2, 0) is 0 Å². The Morgan fingerprint density at radius 3 is 2.81 bits per heavy atom. The van der Waals surface area contributed by atoms with E-state index in [4.69, 9.17) is 0 Å². The number of aliphatic hydroxyl groups is 1. The molecule has 2 saturated heterocycles. The highest BCUT2D eigenvalue weighted by atomic mass is 16.3. The summed E-state index contributed by atoms with van der Waals surface area (Å²) in [5.74, 6) is 0.601. The Morgan fingerprint density at radius 1 is 1.25 bits per heavy atom. The van der Waals surface area contributed by atoms with Crippen molar-refractivity contribution in [2.75, 3.05) is 24.6 Å². The lowest BCUT2D eigenvalue weighted by Crippen LogP contribution is -2.41. The second-order valence-corrected chi connectivity index (χ2v) is 4.89. The average Bonchev–Trinajstić information content (AvgIpc) is 2.64. The van der Waals surface area contributed by atoms with Gasteiger partial charge in [0.1, 0.15) is 0 Å². The molecule has 16 heavy (non-hydrogen) atoms. The quantitative estimate of drug-likeness (QED) is 0.772. The first-order valence-corrected chi connectivity index (χ1v) is 6.03. The minimum atomic E-state index is 0.268. The van der Waals surface area contributed by atoms with Crippen LogP contribution >= 0.6 is 0 Å².